The SMILES string of the molecule is NNC(Cc1c(Cl)cccc1Cl)c1ccc(F)c(F)c1Br. The summed E-state index contributed by atoms with van der Waals surface area (Å²) >= 11 is 15.3. The van der Waals surface area contributed by atoms with Gasteiger partial charge in [-0.15, -0.1) is 0 Å². The Morgan fingerprint density at radius 2 is 1.76 bits per heavy atom. The number of nitrogens with one attached hydrogen (secondary N) is 1. The first-order valence-electron chi connectivity index (χ1n) is 5.98. The Balaban J connectivity index is 2.40. The summed E-state index contributed by atoms with van der Waals surface area (Å²) in [5.74, 6) is 3.64. The molecule has 2 nitrogen and oxygen atoms in total. The summed E-state index contributed by atoms with van der Waals surface area (Å²) in [6.07, 6.45) is 0.332. The van der Waals surface area contributed by atoms with E-state index in [0.29, 0.717) is 27.6 Å². The smallest absolute Gasteiger partial charge is 0.173 e. The molecule has 2 rings (SSSR count). The van der Waals surface area contributed by atoms with Crippen LogP contribution in [0.1, 0.15) is 17.2 Å². The summed E-state index contributed by atoms with van der Waals surface area (Å²) in [5, 5.41) is 0.975. The van der Waals surface area contributed by atoms with Gasteiger partial charge in [0.1, 0.15) is 0 Å². The van der Waals surface area contributed by atoms with E-state index in [0.717, 1.165) is 6.07 Å². The summed E-state index contributed by atoms with van der Waals surface area (Å²) in [4.78, 5) is 0. The maximum absolute atomic E-state index is 13.6. The zero-order valence-corrected chi connectivity index (χ0v) is 13.7. The molecule has 0 aliphatic carbocycles. The molecule has 0 radical (unpaired) electrons. The number of halogens is 5. The Bertz CT molecular complexity index is 647. The number of hydrogen-bond acceptors (Lipinski definition) is 2. The van der Waals surface area contributed by atoms with Gasteiger partial charge in [0.15, 0.2) is 11.6 Å². The molecule has 0 spiro atoms. The Morgan fingerprint density at radius 3 is 2.33 bits per heavy atom. The van der Waals surface area contributed by atoms with Crippen LogP contribution in [-0.2, 0) is 6.42 Å². The van der Waals surface area contributed by atoms with Crippen molar-refractivity contribution >= 4 is 39.1 Å². The van der Waals surface area contributed by atoms with Gasteiger partial charge in [-0.3, -0.25) is 11.3 Å². The molecule has 0 amide bonds. The second-order valence-corrected chi connectivity index (χ2v) is 6.00. The third-order valence-corrected chi connectivity index (χ3v) is 4.63. The van der Waals surface area contributed by atoms with Gasteiger partial charge in [0.2, 0.25) is 0 Å². The van der Waals surface area contributed by atoms with Crippen molar-refractivity contribution in [2.45, 2.75) is 12.5 Å². The lowest BCUT2D eigenvalue weighted by molar-refractivity contribution is 0.491. The molecule has 1 atom stereocenters. The number of nitrogens with two attached hydrogens (primary N) is 1. The highest BCUT2D eigenvalue weighted by Crippen LogP contribution is 2.33. The van der Waals surface area contributed by atoms with E-state index in [1.165, 1.54) is 6.07 Å². The minimum Gasteiger partial charge on any atom is -0.271 e. The van der Waals surface area contributed by atoms with Gasteiger partial charge in [0.25, 0.3) is 0 Å². The molecule has 1 unspecified atom stereocenters. The quantitative estimate of drug-likeness (QED) is 0.444. The molecule has 0 heterocycles. The van der Waals surface area contributed by atoms with Crippen molar-refractivity contribution in [3.63, 3.8) is 0 Å². The molecule has 0 bridgehead atoms. The van der Waals surface area contributed by atoms with Gasteiger partial charge in [0, 0.05) is 10.0 Å². The van der Waals surface area contributed by atoms with E-state index < -0.39 is 17.7 Å². The molecule has 0 aliphatic rings. The van der Waals surface area contributed by atoms with Crippen molar-refractivity contribution in [3.05, 3.63) is 67.6 Å². The summed E-state index contributed by atoms with van der Waals surface area (Å²) in [7, 11) is 0. The van der Waals surface area contributed by atoms with Crippen molar-refractivity contribution in [1.82, 2.24) is 5.43 Å². The van der Waals surface area contributed by atoms with E-state index >= 15 is 0 Å². The zero-order chi connectivity index (χ0) is 15.6. The minimum absolute atomic E-state index is 0.0219. The molecular formula is C14H11BrCl2F2N2. The first-order chi connectivity index (χ1) is 9.95. The predicted molar refractivity (Wildman–Crippen MR) is 84.3 cm³/mol. The van der Waals surface area contributed by atoms with Crippen LogP contribution >= 0.6 is 39.1 Å². The molecule has 0 aromatic heterocycles. The maximum atomic E-state index is 13.6. The lowest BCUT2D eigenvalue weighted by atomic mass is 9.99. The van der Waals surface area contributed by atoms with Gasteiger partial charge >= 0.3 is 0 Å². The van der Waals surface area contributed by atoms with Gasteiger partial charge in [-0.05, 0) is 51.7 Å². The third-order valence-electron chi connectivity index (χ3n) is 3.11. The second-order valence-electron chi connectivity index (χ2n) is 4.39. The fourth-order valence-corrected chi connectivity index (χ4v) is 3.15. The van der Waals surface area contributed by atoms with Crippen molar-refractivity contribution in [2.75, 3.05) is 0 Å². The standard InChI is InChI=1S/C14H11BrCl2F2N2/c15-13-7(4-5-11(18)14(13)19)12(21-20)6-8-9(16)2-1-3-10(8)17/h1-5,12,21H,6,20H2. The number of benzene rings is 2. The van der Waals surface area contributed by atoms with E-state index in [2.05, 4.69) is 21.4 Å². The van der Waals surface area contributed by atoms with Gasteiger partial charge in [-0.2, -0.15) is 0 Å². The van der Waals surface area contributed by atoms with Gasteiger partial charge in [0.05, 0.1) is 10.5 Å². The molecule has 0 saturated heterocycles. The molecule has 0 aliphatic heterocycles. The molecule has 112 valence electrons. The third kappa shape index (κ3) is 3.55. The van der Waals surface area contributed by atoms with Gasteiger partial charge in [-0.25, -0.2) is 8.78 Å². The summed E-state index contributed by atoms with van der Waals surface area (Å²) < 4.78 is 26.8. The molecule has 7 heteroatoms. The maximum Gasteiger partial charge on any atom is 0.173 e. The number of hydrazine groups is 1. The zero-order valence-electron chi connectivity index (χ0n) is 10.6. The first-order valence-corrected chi connectivity index (χ1v) is 7.53. The summed E-state index contributed by atoms with van der Waals surface area (Å²) in [6.45, 7) is 0. The van der Waals surface area contributed by atoms with Crippen LogP contribution in [0.5, 0.6) is 0 Å². The topological polar surface area (TPSA) is 38.0 Å². The van der Waals surface area contributed by atoms with Crippen LogP contribution < -0.4 is 11.3 Å². The van der Waals surface area contributed by atoms with E-state index in [4.69, 9.17) is 29.0 Å². The van der Waals surface area contributed by atoms with Crippen LogP contribution in [0.2, 0.25) is 10.0 Å². The summed E-state index contributed by atoms with van der Waals surface area (Å²) in [6, 6.07) is 7.16. The molecule has 3 N–H and O–H groups in total. The summed E-state index contributed by atoms with van der Waals surface area (Å²) in [5.41, 5.74) is 3.73. The van der Waals surface area contributed by atoms with Crippen LogP contribution in [0, 0.1) is 11.6 Å². The number of rotatable bonds is 4. The molecule has 21 heavy (non-hydrogen) atoms. The van der Waals surface area contributed by atoms with Crippen molar-refractivity contribution in [3.8, 4) is 0 Å². The van der Waals surface area contributed by atoms with Gasteiger partial charge < -0.3 is 0 Å². The largest absolute Gasteiger partial charge is 0.271 e. The van der Waals surface area contributed by atoms with Crippen LogP contribution in [0.15, 0.2) is 34.8 Å². The molecule has 2 aromatic rings. The highest BCUT2D eigenvalue weighted by Gasteiger charge is 2.20. The van der Waals surface area contributed by atoms with E-state index in [1.54, 1.807) is 18.2 Å². The highest BCUT2D eigenvalue weighted by atomic mass is 79.9. The second kappa shape index (κ2) is 7.03. The number of hydrogen-bond donors (Lipinski definition) is 2. The Morgan fingerprint density at radius 1 is 1.14 bits per heavy atom. The van der Waals surface area contributed by atoms with Crippen LogP contribution in [0.3, 0.4) is 0 Å². The van der Waals surface area contributed by atoms with Crippen molar-refractivity contribution < 1.29 is 8.78 Å². The fraction of sp³-hybridized carbons (Fsp3) is 0.143. The monoisotopic (exact) mass is 394 g/mol. The fourth-order valence-electron chi connectivity index (χ4n) is 2.00. The Kier molecular flexibility index (Phi) is 5.57. The molecule has 0 fully saturated rings. The minimum atomic E-state index is -0.960. The molecule has 2 aromatic carbocycles. The van der Waals surface area contributed by atoms with Crippen molar-refractivity contribution in [2.24, 2.45) is 5.84 Å². The highest BCUT2D eigenvalue weighted by molar-refractivity contribution is 9.10. The molecular weight excluding hydrogens is 385 g/mol. The Labute approximate surface area is 139 Å². The van der Waals surface area contributed by atoms with Crippen LogP contribution in [-0.4, -0.2) is 0 Å². The predicted octanol–water partition coefficient (Wildman–Crippen LogP) is 4.78. The molecule has 0 saturated carbocycles. The van der Waals surface area contributed by atoms with E-state index in [-0.39, 0.29) is 4.47 Å². The lowest BCUT2D eigenvalue weighted by Crippen LogP contribution is -2.30. The van der Waals surface area contributed by atoms with E-state index in [1.807, 2.05) is 0 Å². The Hall–Kier alpha value is -0.720. The lowest BCUT2D eigenvalue weighted by Gasteiger charge is -2.19. The average molecular weight is 396 g/mol. The van der Waals surface area contributed by atoms with Crippen LogP contribution in [0.4, 0.5) is 8.78 Å². The first kappa shape index (κ1) is 16.6. The van der Waals surface area contributed by atoms with Gasteiger partial charge in [-0.1, -0.05) is 35.3 Å². The van der Waals surface area contributed by atoms with Crippen LogP contribution in [0.25, 0.3) is 0 Å². The average Bonchev–Trinajstić information content (AvgIpc) is 2.46. The van der Waals surface area contributed by atoms with E-state index in [9.17, 15) is 8.78 Å². The normalized spacial score (nSPS) is 12.5. The van der Waals surface area contributed by atoms with Crippen molar-refractivity contribution in [1.29, 1.82) is 0 Å².